The van der Waals surface area contributed by atoms with Gasteiger partial charge in [-0.25, -0.2) is 8.42 Å². The van der Waals surface area contributed by atoms with Crippen LogP contribution >= 0.6 is 0 Å². The topological polar surface area (TPSA) is 72.2 Å². The normalized spacial score (nSPS) is 19.9. The third kappa shape index (κ3) is 2.21. The number of aliphatic hydroxyl groups is 1. The second-order valence-corrected chi connectivity index (χ2v) is 6.24. The lowest BCUT2D eigenvalue weighted by Gasteiger charge is -2.36. The maximum Gasteiger partial charge on any atom is 0.178 e. The minimum absolute atomic E-state index is 0.199. The summed E-state index contributed by atoms with van der Waals surface area (Å²) in [7, 11) is -3.19. The Balaban J connectivity index is 2.14. The third-order valence-electron chi connectivity index (χ3n) is 2.78. The van der Waals surface area contributed by atoms with E-state index < -0.39 is 15.4 Å². The van der Waals surface area contributed by atoms with Crippen molar-refractivity contribution < 1.29 is 13.5 Å². The summed E-state index contributed by atoms with van der Waals surface area (Å²) >= 11 is 0. The quantitative estimate of drug-likeness (QED) is 0.805. The monoisotopic (exact) mass is 230 g/mol. The van der Waals surface area contributed by atoms with Crippen LogP contribution in [0.15, 0.2) is 17.3 Å². The molecule has 6 heteroatoms. The highest BCUT2D eigenvalue weighted by molar-refractivity contribution is 7.90. The van der Waals surface area contributed by atoms with E-state index in [1.165, 1.54) is 17.1 Å². The number of hydrogen-bond donors (Lipinski definition) is 1. The van der Waals surface area contributed by atoms with Gasteiger partial charge in [0.05, 0.1) is 18.3 Å². The fourth-order valence-corrected chi connectivity index (χ4v) is 2.22. The van der Waals surface area contributed by atoms with Crippen molar-refractivity contribution in [1.29, 1.82) is 0 Å². The SMILES string of the molecule is CS(=O)(=O)c1cnn(CC2(O)CCC2)c1. The van der Waals surface area contributed by atoms with Crippen molar-refractivity contribution in [3.63, 3.8) is 0 Å². The molecule has 0 aliphatic heterocycles. The Hall–Kier alpha value is -0.880. The van der Waals surface area contributed by atoms with Gasteiger partial charge in [-0.05, 0) is 19.3 Å². The van der Waals surface area contributed by atoms with Crippen molar-refractivity contribution in [2.45, 2.75) is 36.3 Å². The van der Waals surface area contributed by atoms with Crippen molar-refractivity contribution in [2.75, 3.05) is 6.26 Å². The van der Waals surface area contributed by atoms with Gasteiger partial charge in [0.2, 0.25) is 0 Å². The van der Waals surface area contributed by atoms with Crippen molar-refractivity contribution in [3.8, 4) is 0 Å². The van der Waals surface area contributed by atoms with Crippen molar-refractivity contribution in [3.05, 3.63) is 12.4 Å². The number of rotatable bonds is 3. The summed E-state index contributed by atoms with van der Waals surface area (Å²) < 4.78 is 23.9. The van der Waals surface area contributed by atoms with E-state index in [9.17, 15) is 13.5 Å². The van der Waals surface area contributed by atoms with Crippen molar-refractivity contribution >= 4 is 9.84 Å². The number of nitrogens with zero attached hydrogens (tertiary/aromatic N) is 2. The molecule has 1 aromatic rings. The molecule has 1 aliphatic carbocycles. The molecule has 0 radical (unpaired) electrons. The van der Waals surface area contributed by atoms with Gasteiger partial charge in [0, 0.05) is 12.5 Å². The average Bonchev–Trinajstić information content (AvgIpc) is 2.49. The summed E-state index contributed by atoms with van der Waals surface area (Å²) in [5.74, 6) is 0. The molecule has 0 saturated heterocycles. The van der Waals surface area contributed by atoms with Gasteiger partial charge in [-0.15, -0.1) is 0 Å². The van der Waals surface area contributed by atoms with Crippen LogP contribution in [0, 0.1) is 0 Å². The zero-order chi connectivity index (χ0) is 11.1. The van der Waals surface area contributed by atoms with Gasteiger partial charge in [-0.1, -0.05) is 0 Å². The van der Waals surface area contributed by atoms with Crippen LogP contribution in [0.25, 0.3) is 0 Å². The molecule has 1 fully saturated rings. The summed E-state index contributed by atoms with van der Waals surface area (Å²) in [6.07, 6.45) is 6.48. The molecule has 5 nitrogen and oxygen atoms in total. The summed E-state index contributed by atoms with van der Waals surface area (Å²) in [5, 5.41) is 13.8. The first-order chi connectivity index (χ1) is 6.89. The van der Waals surface area contributed by atoms with E-state index in [4.69, 9.17) is 0 Å². The van der Waals surface area contributed by atoms with E-state index in [0.29, 0.717) is 6.54 Å². The standard InChI is InChI=1S/C9H14N2O3S/c1-15(13,14)8-5-10-11(6-8)7-9(12)3-2-4-9/h5-6,12H,2-4,7H2,1H3. The Kier molecular flexibility index (Phi) is 2.35. The minimum atomic E-state index is -3.19. The molecule has 1 heterocycles. The van der Waals surface area contributed by atoms with Gasteiger partial charge in [-0.2, -0.15) is 5.10 Å². The highest BCUT2D eigenvalue weighted by Gasteiger charge is 2.35. The van der Waals surface area contributed by atoms with E-state index in [0.717, 1.165) is 25.5 Å². The summed E-state index contributed by atoms with van der Waals surface area (Å²) in [4.78, 5) is 0.199. The molecule has 0 amide bonds. The Morgan fingerprint density at radius 1 is 1.60 bits per heavy atom. The molecule has 2 rings (SSSR count). The van der Waals surface area contributed by atoms with E-state index in [2.05, 4.69) is 5.10 Å². The van der Waals surface area contributed by atoms with Crippen molar-refractivity contribution in [1.82, 2.24) is 9.78 Å². The lowest BCUT2D eigenvalue weighted by molar-refractivity contribution is -0.0498. The van der Waals surface area contributed by atoms with E-state index in [-0.39, 0.29) is 4.90 Å². The minimum Gasteiger partial charge on any atom is -0.388 e. The smallest absolute Gasteiger partial charge is 0.178 e. The first kappa shape index (κ1) is 10.6. The number of hydrogen-bond acceptors (Lipinski definition) is 4. The Bertz CT molecular complexity index is 459. The lowest BCUT2D eigenvalue weighted by atomic mass is 9.80. The van der Waals surface area contributed by atoms with E-state index in [1.807, 2.05) is 0 Å². The first-order valence-corrected chi connectivity index (χ1v) is 6.73. The Morgan fingerprint density at radius 2 is 2.27 bits per heavy atom. The van der Waals surface area contributed by atoms with Crippen LogP contribution < -0.4 is 0 Å². The van der Waals surface area contributed by atoms with Gasteiger partial charge in [0.1, 0.15) is 4.90 Å². The second kappa shape index (κ2) is 3.31. The third-order valence-corrected chi connectivity index (χ3v) is 3.85. The average molecular weight is 230 g/mol. The lowest BCUT2D eigenvalue weighted by Crippen LogP contribution is -2.41. The summed E-state index contributed by atoms with van der Waals surface area (Å²) in [6, 6.07) is 0. The zero-order valence-electron chi connectivity index (χ0n) is 8.55. The van der Waals surface area contributed by atoms with Crippen LogP contribution in [-0.2, 0) is 16.4 Å². The Labute approximate surface area is 88.6 Å². The molecule has 15 heavy (non-hydrogen) atoms. The van der Waals surface area contributed by atoms with Gasteiger partial charge in [0.25, 0.3) is 0 Å². The van der Waals surface area contributed by atoms with Crippen LogP contribution in [0.5, 0.6) is 0 Å². The van der Waals surface area contributed by atoms with Crippen LogP contribution in [0.3, 0.4) is 0 Å². The molecule has 0 unspecified atom stereocenters. The molecule has 1 saturated carbocycles. The highest BCUT2D eigenvalue weighted by Crippen LogP contribution is 2.32. The second-order valence-electron chi connectivity index (χ2n) is 4.22. The molecule has 0 atom stereocenters. The first-order valence-electron chi connectivity index (χ1n) is 4.84. The largest absolute Gasteiger partial charge is 0.388 e. The molecule has 1 aliphatic rings. The molecule has 1 N–H and O–H groups in total. The van der Waals surface area contributed by atoms with Gasteiger partial charge in [0.15, 0.2) is 9.84 Å². The van der Waals surface area contributed by atoms with Crippen LogP contribution in [0.4, 0.5) is 0 Å². The summed E-state index contributed by atoms with van der Waals surface area (Å²) in [6.45, 7) is 0.377. The van der Waals surface area contributed by atoms with Crippen LogP contribution in [-0.4, -0.2) is 35.2 Å². The maximum atomic E-state index is 11.2. The van der Waals surface area contributed by atoms with Gasteiger partial charge >= 0.3 is 0 Å². The maximum absolute atomic E-state index is 11.2. The van der Waals surface area contributed by atoms with Crippen LogP contribution in [0.1, 0.15) is 19.3 Å². The van der Waals surface area contributed by atoms with Gasteiger partial charge < -0.3 is 5.11 Å². The molecular formula is C9H14N2O3S. The molecule has 0 aromatic carbocycles. The van der Waals surface area contributed by atoms with Gasteiger partial charge in [-0.3, -0.25) is 4.68 Å². The van der Waals surface area contributed by atoms with Crippen molar-refractivity contribution in [2.24, 2.45) is 0 Å². The predicted octanol–water partition coefficient (Wildman–Crippen LogP) is 0.202. The van der Waals surface area contributed by atoms with E-state index >= 15 is 0 Å². The number of aromatic nitrogens is 2. The number of sulfone groups is 1. The highest BCUT2D eigenvalue weighted by atomic mass is 32.2. The molecule has 1 aromatic heterocycles. The predicted molar refractivity (Wildman–Crippen MR) is 54.1 cm³/mol. The molecule has 0 spiro atoms. The molecule has 0 bridgehead atoms. The molecular weight excluding hydrogens is 216 g/mol. The Morgan fingerprint density at radius 3 is 2.67 bits per heavy atom. The molecule has 84 valence electrons. The zero-order valence-corrected chi connectivity index (χ0v) is 9.37. The van der Waals surface area contributed by atoms with E-state index in [1.54, 1.807) is 0 Å². The fraction of sp³-hybridized carbons (Fsp3) is 0.667. The summed E-state index contributed by atoms with van der Waals surface area (Å²) in [5.41, 5.74) is -0.680. The van der Waals surface area contributed by atoms with Crippen LogP contribution in [0.2, 0.25) is 0 Å². The fourth-order valence-electron chi connectivity index (χ4n) is 1.67.